The van der Waals surface area contributed by atoms with Gasteiger partial charge in [-0.3, -0.25) is 4.79 Å². The standard InChI is InChI=1S/C12H14N3O2/c16-9-13-7-3-4-8-14-12-15-10-5-1-2-6-11(10)17-12/h1-2,5-6H,3-4,7-8H2,(H,13,16)(H,14,15). The van der Waals surface area contributed by atoms with Crippen molar-refractivity contribution in [2.75, 3.05) is 18.4 Å². The average Bonchev–Trinajstić information content (AvgIpc) is 2.76. The number of nitrogens with one attached hydrogen (secondary N) is 2. The second-order valence-electron chi connectivity index (χ2n) is 3.65. The van der Waals surface area contributed by atoms with Gasteiger partial charge in [0.2, 0.25) is 0 Å². The molecular formula is C12H14N3O2. The Balaban J connectivity index is 1.77. The maximum absolute atomic E-state index is 9.88. The van der Waals surface area contributed by atoms with Gasteiger partial charge in [-0.1, -0.05) is 12.1 Å². The van der Waals surface area contributed by atoms with Gasteiger partial charge in [0.05, 0.1) is 0 Å². The molecule has 0 fully saturated rings. The number of nitrogens with zero attached hydrogens (tertiary/aromatic N) is 1. The molecule has 1 amide bonds. The number of fused-ring (bicyclic) bond motifs is 1. The third kappa shape index (κ3) is 3.21. The van der Waals surface area contributed by atoms with Crippen molar-refractivity contribution in [3.8, 4) is 0 Å². The summed E-state index contributed by atoms with van der Waals surface area (Å²) in [6, 6.07) is 8.18. The summed E-state index contributed by atoms with van der Waals surface area (Å²) in [5, 5.41) is 5.60. The van der Waals surface area contributed by atoms with Crippen LogP contribution >= 0.6 is 0 Å². The fourth-order valence-electron chi connectivity index (χ4n) is 1.53. The van der Waals surface area contributed by atoms with Crippen LogP contribution in [0.15, 0.2) is 28.7 Å². The van der Waals surface area contributed by atoms with Crippen LogP contribution in [0.25, 0.3) is 11.1 Å². The summed E-state index contributed by atoms with van der Waals surface area (Å²) in [4.78, 5) is 14.2. The number of para-hydroxylation sites is 2. The van der Waals surface area contributed by atoms with E-state index in [9.17, 15) is 4.79 Å². The largest absolute Gasteiger partial charge is 0.424 e. The molecule has 5 heteroatoms. The summed E-state index contributed by atoms with van der Waals surface area (Å²) in [7, 11) is 0. The van der Waals surface area contributed by atoms with Gasteiger partial charge in [0.1, 0.15) is 5.52 Å². The number of oxazole rings is 1. The summed E-state index contributed by atoms with van der Waals surface area (Å²) < 4.78 is 5.50. The summed E-state index contributed by atoms with van der Waals surface area (Å²) in [6.45, 7) is 1.42. The van der Waals surface area contributed by atoms with E-state index in [4.69, 9.17) is 4.42 Å². The Hall–Kier alpha value is -2.04. The zero-order valence-corrected chi connectivity index (χ0v) is 9.40. The van der Waals surface area contributed by atoms with E-state index in [-0.39, 0.29) is 0 Å². The van der Waals surface area contributed by atoms with E-state index in [2.05, 4.69) is 15.6 Å². The van der Waals surface area contributed by atoms with Gasteiger partial charge in [-0.15, -0.1) is 0 Å². The van der Waals surface area contributed by atoms with Crippen LogP contribution in [-0.4, -0.2) is 24.5 Å². The fourth-order valence-corrected chi connectivity index (χ4v) is 1.53. The molecule has 1 radical (unpaired) electrons. The molecule has 0 aliphatic rings. The van der Waals surface area contributed by atoms with Crippen molar-refractivity contribution in [2.24, 2.45) is 0 Å². The number of rotatable bonds is 7. The van der Waals surface area contributed by atoms with Gasteiger partial charge >= 0.3 is 6.41 Å². The zero-order valence-electron chi connectivity index (χ0n) is 9.40. The predicted octanol–water partition coefficient (Wildman–Crippen LogP) is 1.68. The summed E-state index contributed by atoms with van der Waals surface area (Å²) in [5.41, 5.74) is 1.64. The van der Waals surface area contributed by atoms with E-state index >= 15 is 0 Å². The molecule has 0 aliphatic heterocycles. The number of carbonyl (C=O) groups excluding carboxylic acids is 1. The number of aromatic nitrogens is 1. The molecule has 0 aliphatic carbocycles. The van der Waals surface area contributed by atoms with Crippen LogP contribution in [0, 0.1) is 0 Å². The normalized spacial score (nSPS) is 10.4. The Morgan fingerprint density at radius 3 is 2.88 bits per heavy atom. The number of anilines is 1. The van der Waals surface area contributed by atoms with Crippen molar-refractivity contribution in [1.29, 1.82) is 0 Å². The van der Waals surface area contributed by atoms with Crippen LogP contribution in [0.2, 0.25) is 0 Å². The molecule has 2 aromatic rings. The molecule has 0 bridgehead atoms. The van der Waals surface area contributed by atoms with Crippen LogP contribution in [-0.2, 0) is 4.79 Å². The third-order valence-electron chi connectivity index (χ3n) is 2.37. The SMILES string of the molecule is O=[C]NCCCCNc1nc2ccccc2o1. The highest BCUT2D eigenvalue weighted by Gasteiger charge is 2.02. The summed E-state index contributed by atoms with van der Waals surface area (Å²) in [5.74, 6) is 0. The summed E-state index contributed by atoms with van der Waals surface area (Å²) >= 11 is 0. The molecule has 0 unspecified atom stereocenters. The van der Waals surface area contributed by atoms with E-state index in [0.717, 1.165) is 30.5 Å². The lowest BCUT2D eigenvalue weighted by molar-refractivity contribution is 0.539. The number of hydrogen-bond acceptors (Lipinski definition) is 4. The molecule has 0 atom stereocenters. The second-order valence-corrected chi connectivity index (χ2v) is 3.65. The number of amides is 1. The molecule has 17 heavy (non-hydrogen) atoms. The Kier molecular flexibility index (Phi) is 3.96. The lowest BCUT2D eigenvalue weighted by Crippen LogP contribution is -2.13. The smallest absolute Gasteiger partial charge is 0.309 e. The van der Waals surface area contributed by atoms with Gasteiger partial charge in [0.15, 0.2) is 5.58 Å². The van der Waals surface area contributed by atoms with Gasteiger partial charge in [0.25, 0.3) is 6.01 Å². The highest BCUT2D eigenvalue weighted by Crippen LogP contribution is 2.17. The van der Waals surface area contributed by atoms with Crippen molar-refractivity contribution in [2.45, 2.75) is 12.8 Å². The molecule has 89 valence electrons. The molecular weight excluding hydrogens is 218 g/mol. The van der Waals surface area contributed by atoms with E-state index in [0.29, 0.717) is 12.6 Å². The van der Waals surface area contributed by atoms with Crippen molar-refractivity contribution in [3.63, 3.8) is 0 Å². The molecule has 1 aromatic heterocycles. The first-order valence-electron chi connectivity index (χ1n) is 5.59. The monoisotopic (exact) mass is 232 g/mol. The summed E-state index contributed by atoms with van der Waals surface area (Å²) in [6.07, 6.45) is 3.49. The molecule has 0 saturated heterocycles. The van der Waals surface area contributed by atoms with Crippen LogP contribution in [0.4, 0.5) is 6.01 Å². The van der Waals surface area contributed by atoms with Gasteiger partial charge in [-0.2, -0.15) is 4.98 Å². The minimum Gasteiger partial charge on any atom is -0.424 e. The average molecular weight is 232 g/mol. The lowest BCUT2D eigenvalue weighted by atomic mass is 10.3. The number of benzene rings is 1. The lowest BCUT2D eigenvalue weighted by Gasteiger charge is -2.00. The van der Waals surface area contributed by atoms with Crippen molar-refractivity contribution in [1.82, 2.24) is 10.3 Å². The first-order valence-corrected chi connectivity index (χ1v) is 5.59. The fraction of sp³-hybridized carbons (Fsp3) is 0.333. The third-order valence-corrected chi connectivity index (χ3v) is 2.37. The minimum absolute atomic E-state index is 0.543. The van der Waals surface area contributed by atoms with E-state index in [1.54, 1.807) is 6.41 Å². The van der Waals surface area contributed by atoms with Crippen molar-refractivity contribution in [3.05, 3.63) is 24.3 Å². The minimum atomic E-state index is 0.543. The molecule has 0 spiro atoms. The molecule has 2 rings (SSSR count). The van der Waals surface area contributed by atoms with Gasteiger partial charge in [0, 0.05) is 13.1 Å². The molecule has 1 heterocycles. The molecule has 0 saturated carbocycles. The highest BCUT2D eigenvalue weighted by atomic mass is 16.4. The van der Waals surface area contributed by atoms with Crippen molar-refractivity contribution >= 4 is 23.5 Å². The molecule has 5 nitrogen and oxygen atoms in total. The van der Waals surface area contributed by atoms with Crippen LogP contribution in [0.3, 0.4) is 0 Å². The number of unbranched alkanes of at least 4 members (excludes halogenated alkanes) is 1. The van der Waals surface area contributed by atoms with Gasteiger partial charge in [-0.25, -0.2) is 0 Å². The first-order chi connectivity index (χ1) is 8.40. The number of hydrogen-bond donors (Lipinski definition) is 2. The maximum atomic E-state index is 9.88. The topological polar surface area (TPSA) is 67.2 Å². The quantitative estimate of drug-likeness (QED) is 0.563. The Morgan fingerprint density at radius 1 is 1.24 bits per heavy atom. The van der Waals surface area contributed by atoms with E-state index < -0.39 is 0 Å². The molecule has 1 aromatic carbocycles. The predicted molar refractivity (Wildman–Crippen MR) is 65.4 cm³/mol. The maximum Gasteiger partial charge on any atom is 0.309 e. The van der Waals surface area contributed by atoms with Gasteiger partial charge in [-0.05, 0) is 25.0 Å². The second kappa shape index (κ2) is 5.89. The molecule has 2 N–H and O–H groups in total. The van der Waals surface area contributed by atoms with Crippen molar-refractivity contribution < 1.29 is 9.21 Å². The Bertz CT molecular complexity index is 448. The van der Waals surface area contributed by atoms with Crippen LogP contribution < -0.4 is 10.6 Å². The Morgan fingerprint density at radius 2 is 2.06 bits per heavy atom. The van der Waals surface area contributed by atoms with E-state index in [1.807, 2.05) is 24.3 Å². The van der Waals surface area contributed by atoms with Gasteiger partial charge < -0.3 is 15.1 Å². The highest BCUT2D eigenvalue weighted by molar-refractivity contribution is 5.74. The van der Waals surface area contributed by atoms with E-state index in [1.165, 1.54) is 0 Å². The van der Waals surface area contributed by atoms with Crippen LogP contribution in [0.1, 0.15) is 12.8 Å². The zero-order chi connectivity index (χ0) is 11.9. The first kappa shape index (κ1) is 11.4. The van der Waals surface area contributed by atoms with Crippen LogP contribution in [0.5, 0.6) is 0 Å². The Labute approximate surface area is 99.2 Å².